The molecule has 140 valence electrons. The number of aryl methyl sites for hydroxylation is 1. The van der Waals surface area contributed by atoms with E-state index in [-0.39, 0.29) is 11.9 Å². The number of fused-ring (bicyclic) bond motifs is 1. The van der Waals surface area contributed by atoms with Crippen molar-refractivity contribution in [3.05, 3.63) is 47.1 Å². The first-order chi connectivity index (χ1) is 13.0. The zero-order valence-electron chi connectivity index (χ0n) is 15.6. The largest absolute Gasteiger partial charge is 0.356 e. The van der Waals surface area contributed by atoms with Gasteiger partial charge in [0.2, 0.25) is 0 Å². The van der Waals surface area contributed by atoms with Gasteiger partial charge in [-0.05, 0) is 50.1 Å². The molecule has 0 atom stereocenters. The van der Waals surface area contributed by atoms with Crippen molar-refractivity contribution < 1.29 is 4.79 Å². The monoisotopic (exact) mass is 381 g/mol. The Morgan fingerprint density at radius 2 is 2.04 bits per heavy atom. The summed E-state index contributed by atoms with van der Waals surface area (Å²) in [6.07, 6.45) is 3.61. The van der Waals surface area contributed by atoms with Gasteiger partial charge in [0.25, 0.3) is 5.91 Å². The Kier molecular flexibility index (Phi) is 4.80. The highest BCUT2D eigenvalue weighted by atomic mass is 32.1. The molecule has 1 aliphatic heterocycles. The molecule has 2 N–H and O–H groups in total. The number of nitrogens with two attached hydrogens (primary N) is 1. The van der Waals surface area contributed by atoms with Crippen LogP contribution in [0.25, 0.3) is 10.2 Å². The maximum atomic E-state index is 13.0. The van der Waals surface area contributed by atoms with E-state index >= 15 is 0 Å². The molecule has 0 unspecified atom stereocenters. The lowest BCUT2D eigenvalue weighted by atomic mass is 10.1. The maximum Gasteiger partial charge on any atom is 0.258 e. The molecular formula is C20H23N5OS. The van der Waals surface area contributed by atoms with Crippen LogP contribution in [0, 0.1) is 6.92 Å². The lowest BCUT2D eigenvalue weighted by molar-refractivity contribution is 0.0993. The molecule has 0 aliphatic carbocycles. The summed E-state index contributed by atoms with van der Waals surface area (Å²) in [5, 5.41) is 1.02. The zero-order chi connectivity index (χ0) is 19.0. The third-order valence-corrected chi connectivity index (χ3v) is 5.96. The van der Waals surface area contributed by atoms with Crippen LogP contribution in [-0.2, 0) is 0 Å². The fourth-order valence-corrected chi connectivity index (χ4v) is 4.26. The van der Waals surface area contributed by atoms with Crippen LogP contribution >= 0.6 is 11.3 Å². The van der Waals surface area contributed by atoms with Crippen molar-refractivity contribution >= 4 is 39.0 Å². The molecule has 27 heavy (non-hydrogen) atoms. The van der Waals surface area contributed by atoms with Gasteiger partial charge in [0, 0.05) is 43.6 Å². The number of benzene rings is 1. The molecule has 0 bridgehead atoms. The third kappa shape index (κ3) is 3.65. The van der Waals surface area contributed by atoms with Gasteiger partial charge in [-0.25, -0.2) is 9.97 Å². The van der Waals surface area contributed by atoms with E-state index in [1.165, 1.54) is 0 Å². The van der Waals surface area contributed by atoms with Crippen LogP contribution in [0.4, 0.5) is 11.5 Å². The summed E-state index contributed by atoms with van der Waals surface area (Å²) in [5.41, 5.74) is 8.45. The summed E-state index contributed by atoms with van der Waals surface area (Å²) in [6.45, 7) is 3.75. The SMILES string of the molecule is Cc1nc2ccc(N(C)C(=O)c3ccnc(N4CCC(N)CC4)c3)cc2s1. The number of nitrogens with zero attached hydrogens (tertiary/aromatic N) is 4. The highest BCUT2D eigenvalue weighted by Gasteiger charge is 2.20. The van der Waals surface area contributed by atoms with Gasteiger partial charge in [0.05, 0.1) is 15.2 Å². The van der Waals surface area contributed by atoms with Crippen molar-refractivity contribution in [1.82, 2.24) is 9.97 Å². The number of anilines is 2. The number of carbonyl (C=O) groups is 1. The molecule has 7 heteroatoms. The summed E-state index contributed by atoms with van der Waals surface area (Å²) in [7, 11) is 1.80. The lowest BCUT2D eigenvalue weighted by Crippen LogP contribution is -2.40. The van der Waals surface area contributed by atoms with Gasteiger partial charge in [0.15, 0.2) is 0 Å². The normalized spacial score (nSPS) is 15.3. The van der Waals surface area contributed by atoms with Gasteiger partial charge in [0.1, 0.15) is 5.82 Å². The minimum absolute atomic E-state index is 0.0482. The fraction of sp³-hybridized carbons (Fsp3) is 0.350. The van der Waals surface area contributed by atoms with Crippen molar-refractivity contribution in [2.45, 2.75) is 25.8 Å². The average Bonchev–Trinajstić information content (AvgIpc) is 3.06. The van der Waals surface area contributed by atoms with E-state index in [4.69, 9.17) is 5.73 Å². The van der Waals surface area contributed by atoms with Crippen molar-refractivity contribution in [1.29, 1.82) is 0 Å². The first-order valence-corrected chi connectivity index (χ1v) is 9.95. The van der Waals surface area contributed by atoms with Crippen LogP contribution in [0.5, 0.6) is 0 Å². The van der Waals surface area contributed by atoms with Crippen molar-refractivity contribution in [2.75, 3.05) is 29.9 Å². The molecule has 1 fully saturated rings. The number of thiazole rings is 1. The van der Waals surface area contributed by atoms with Crippen LogP contribution < -0.4 is 15.5 Å². The second-order valence-electron chi connectivity index (χ2n) is 6.98. The quantitative estimate of drug-likeness (QED) is 0.754. The van der Waals surface area contributed by atoms with Gasteiger partial charge in [-0.15, -0.1) is 11.3 Å². The summed E-state index contributed by atoms with van der Waals surface area (Å²) >= 11 is 1.64. The van der Waals surface area contributed by atoms with Crippen molar-refractivity contribution in [2.24, 2.45) is 5.73 Å². The molecular weight excluding hydrogens is 358 g/mol. The summed E-state index contributed by atoms with van der Waals surface area (Å²) < 4.78 is 1.09. The molecule has 1 saturated heterocycles. The Morgan fingerprint density at radius 1 is 1.26 bits per heavy atom. The van der Waals surface area contributed by atoms with Crippen LogP contribution in [0.1, 0.15) is 28.2 Å². The van der Waals surface area contributed by atoms with E-state index in [2.05, 4.69) is 14.9 Å². The van der Waals surface area contributed by atoms with Crippen LogP contribution in [0.3, 0.4) is 0 Å². The molecule has 6 nitrogen and oxygen atoms in total. The standard InChI is InChI=1S/C20H23N5OS/c1-13-23-17-4-3-16(12-18(17)27-13)24(2)20(26)14-5-8-22-19(11-14)25-9-6-15(21)7-10-25/h3-5,8,11-12,15H,6-7,9-10,21H2,1-2H3. The first kappa shape index (κ1) is 17.9. The highest BCUT2D eigenvalue weighted by molar-refractivity contribution is 7.18. The predicted octanol–water partition coefficient (Wildman–Crippen LogP) is 3.20. The van der Waals surface area contributed by atoms with Crippen LogP contribution in [0.2, 0.25) is 0 Å². The third-order valence-electron chi connectivity index (χ3n) is 5.03. The van der Waals surface area contributed by atoms with E-state index in [1.807, 2.05) is 31.2 Å². The number of hydrogen-bond donors (Lipinski definition) is 1. The van der Waals surface area contributed by atoms with E-state index in [1.54, 1.807) is 35.5 Å². The lowest BCUT2D eigenvalue weighted by Gasteiger charge is -2.31. The van der Waals surface area contributed by atoms with Gasteiger partial charge >= 0.3 is 0 Å². The molecule has 0 radical (unpaired) electrons. The van der Waals surface area contributed by atoms with E-state index in [0.717, 1.165) is 52.7 Å². The van der Waals surface area contributed by atoms with E-state index < -0.39 is 0 Å². The molecule has 1 aliphatic rings. The Balaban J connectivity index is 1.56. The summed E-state index contributed by atoms with van der Waals surface area (Å²) in [5.74, 6) is 0.794. The highest BCUT2D eigenvalue weighted by Crippen LogP contribution is 2.27. The Hall–Kier alpha value is -2.51. The smallest absolute Gasteiger partial charge is 0.258 e. The number of aromatic nitrogens is 2. The topological polar surface area (TPSA) is 75.4 Å². The number of rotatable bonds is 3. The maximum absolute atomic E-state index is 13.0. The fourth-order valence-electron chi connectivity index (χ4n) is 3.40. The van der Waals surface area contributed by atoms with Gasteiger partial charge in [-0.1, -0.05) is 0 Å². The molecule has 3 heterocycles. The molecule has 1 amide bonds. The average molecular weight is 382 g/mol. The molecule has 1 aromatic carbocycles. The van der Waals surface area contributed by atoms with E-state index in [0.29, 0.717) is 5.56 Å². The number of pyridine rings is 1. The molecule has 0 saturated carbocycles. The van der Waals surface area contributed by atoms with Crippen molar-refractivity contribution in [3.8, 4) is 0 Å². The number of carbonyl (C=O) groups excluding carboxylic acids is 1. The number of piperidine rings is 1. The predicted molar refractivity (Wildman–Crippen MR) is 111 cm³/mol. The number of amides is 1. The van der Waals surface area contributed by atoms with Gasteiger partial charge in [-0.2, -0.15) is 0 Å². The Morgan fingerprint density at radius 3 is 2.81 bits per heavy atom. The first-order valence-electron chi connectivity index (χ1n) is 9.13. The Labute approximate surface area is 162 Å². The second kappa shape index (κ2) is 7.25. The summed E-state index contributed by atoms with van der Waals surface area (Å²) in [4.78, 5) is 25.8. The van der Waals surface area contributed by atoms with Crippen molar-refractivity contribution in [3.63, 3.8) is 0 Å². The van der Waals surface area contributed by atoms with Crippen LogP contribution in [-0.4, -0.2) is 42.1 Å². The minimum atomic E-state index is -0.0482. The molecule has 0 spiro atoms. The Bertz CT molecular complexity index is 977. The van der Waals surface area contributed by atoms with E-state index in [9.17, 15) is 4.79 Å². The number of hydrogen-bond acceptors (Lipinski definition) is 6. The summed E-state index contributed by atoms with van der Waals surface area (Å²) in [6, 6.07) is 9.84. The molecule has 4 rings (SSSR count). The minimum Gasteiger partial charge on any atom is -0.356 e. The molecule has 2 aromatic heterocycles. The zero-order valence-corrected chi connectivity index (χ0v) is 16.4. The molecule has 3 aromatic rings. The second-order valence-corrected chi connectivity index (χ2v) is 8.21. The van der Waals surface area contributed by atoms with Gasteiger partial charge in [-0.3, -0.25) is 4.79 Å². The van der Waals surface area contributed by atoms with Crippen LogP contribution in [0.15, 0.2) is 36.5 Å². The van der Waals surface area contributed by atoms with Gasteiger partial charge < -0.3 is 15.5 Å².